The molecule has 12 heavy (non-hydrogen) atoms. The van der Waals surface area contributed by atoms with Crippen LogP contribution in [0.15, 0.2) is 16.6 Å². The SMILES string of the molecule is N#Cc1ccc(NN)c(F)c1Br. The molecule has 3 nitrogen and oxygen atoms in total. The molecule has 1 rings (SSSR count). The highest BCUT2D eigenvalue weighted by molar-refractivity contribution is 9.10. The van der Waals surface area contributed by atoms with Gasteiger partial charge in [-0.15, -0.1) is 0 Å². The highest BCUT2D eigenvalue weighted by Gasteiger charge is 2.09. The first-order valence-corrected chi connectivity index (χ1v) is 3.84. The summed E-state index contributed by atoms with van der Waals surface area (Å²) in [5, 5.41) is 8.51. The van der Waals surface area contributed by atoms with Gasteiger partial charge in [0.1, 0.15) is 6.07 Å². The second-order valence-electron chi connectivity index (χ2n) is 2.04. The van der Waals surface area contributed by atoms with Crippen LogP contribution in [0.1, 0.15) is 5.56 Å². The van der Waals surface area contributed by atoms with Crippen molar-refractivity contribution < 1.29 is 4.39 Å². The van der Waals surface area contributed by atoms with E-state index < -0.39 is 5.82 Å². The van der Waals surface area contributed by atoms with Gasteiger partial charge in [0.15, 0.2) is 5.82 Å². The summed E-state index contributed by atoms with van der Waals surface area (Å²) in [6, 6.07) is 4.71. The summed E-state index contributed by atoms with van der Waals surface area (Å²) in [5.41, 5.74) is 2.57. The van der Waals surface area contributed by atoms with Gasteiger partial charge in [-0.2, -0.15) is 5.26 Å². The molecule has 0 amide bonds. The number of rotatable bonds is 1. The fraction of sp³-hybridized carbons (Fsp3) is 0. The maximum atomic E-state index is 13.1. The summed E-state index contributed by atoms with van der Waals surface area (Å²) >= 11 is 2.94. The van der Waals surface area contributed by atoms with Crippen LogP contribution in [0, 0.1) is 17.1 Å². The Balaban J connectivity index is 3.32. The number of nitriles is 1. The van der Waals surface area contributed by atoms with Crippen LogP contribution in [0.5, 0.6) is 0 Å². The molecule has 0 atom stereocenters. The van der Waals surface area contributed by atoms with Gasteiger partial charge >= 0.3 is 0 Å². The Bertz CT molecular complexity index is 345. The highest BCUT2D eigenvalue weighted by Crippen LogP contribution is 2.25. The number of benzene rings is 1. The Morgan fingerprint density at radius 1 is 1.58 bits per heavy atom. The predicted molar refractivity (Wildman–Crippen MR) is 46.6 cm³/mol. The average molecular weight is 230 g/mol. The van der Waals surface area contributed by atoms with Gasteiger partial charge in [0.25, 0.3) is 0 Å². The first kappa shape index (κ1) is 8.97. The lowest BCUT2D eigenvalue weighted by Crippen LogP contribution is -2.08. The zero-order chi connectivity index (χ0) is 9.14. The van der Waals surface area contributed by atoms with Crippen LogP contribution in [0.4, 0.5) is 10.1 Å². The maximum absolute atomic E-state index is 13.1. The summed E-state index contributed by atoms with van der Waals surface area (Å²) in [5.74, 6) is 4.46. The first-order valence-electron chi connectivity index (χ1n) is 3.05. The molecule has 0 saturated carbocycles. The third-order valence-corrected chi connectivity index (χ3v) is 2.13. The molecule has 3 N–H and O–H groups in total. The van der Waals surface area contributed by atoms with Gasteiger partial charge in [-0.05, 0) is 28.1 Å². The van der Waals surface area contributed by atoms with Gasteiger partial charge < -0.3 is 5.43 Å². The minimum Gasteiger partial charge on any atom is -0.321 e. The predicted octanol–water partition coefficient (Wildman–Crippen LogP) is 1.75. The summed E-state index contributed by atoms with van der Waals surface area (Å²) in [4.78, 5) is 0. The van der Waals surface area contributed by atoms with E-state index in [9.17, 15) is 4.39 Å². The number of halogens is 2. The molecule has 0 bridgehead atoms. The van der Waals surface area contributed by atoms with Crippen LogP contribution in [0.25, 0.3) is 0 Å². The number of nitrogens with zero attached hydrogens (tertiary/aromatic N) is 1. The minimum atomic E-state index is -0.559. The molecule has 5 heteroatoms. The molecule has 0 aliphatic rings. The number of nitrogens with two attached hydrogens (primary N) is 1. The Morgan fingerprint density at radius 2 is 2.25 bits per heavy atom. The van der Waals surface area contributed by atoms with E-state index in [1.54, 1.807) is 0 Å². The molecule has 0 spiro atoms. The fourth-order valence-corrected chi connectivity index (χ4v) is 1.18. The van der Waals surface area contributed by atoms with E-state index in [4.69, 9.17) is 11.1 Å². The summed E-state index contributed by atoms with van der Waals surface area (Å²) in [6.07, 6.45) is 0. The monoisotopic (exact) mass is 229 g/mol. The van der Waals surface area contributed by atoms with Crippen LogP contribution in [0.3, 0.4) is 0 Å². The van der Waals surface area contributed by atoms with Crippen molar-refractivity contribution in [3.63, 3.8) is 0 Å². The van der Waals surface area contributed by atoms with Crippen molar-refractivity contribution in [1.82, 2.24) is 0 Å². The van der Waals surface area contributed by atoms with E-state index in [1.807, 2.05) is 6.07 Å². The molecule has 0 heterocycles. The van der Waals surface area contributed by atoms with Crippen molar-refractivity contribution in [1.29, 1.82) is 5.26 Å². The summed E-state index contributed by atoms with van der Waals surface area (Å²) < 4.78 is 13.2. The van der Waals surface area contributed by atoms with Gasteiger partial charge in [0.05, 0.1) is 15.7 Å². The van der Waals surface area contributed by atoms with E-state index in [1.165, 1.54) is 12.1 Å². The minimum absolute atomic E-state index is 0.125. The molecular weight excluding hydrogens is 225 g/mol. The Labute approximate surface area is 77.1 Å². The van der Waals surface area contributed by atoms with E-state index in [2.05, 4.69) is 21.4 Å². The van der Waals surface area contributed by atoms with Crippen molar-refractivity contribution in [2.45, 2.75) is 0 Å². The maximum Gasteiger partial charge on any atom is 0.163 e. The van der Waals surface area contributed by atoms with Gasteiger partial charge in [0, 0.05) is 0 Å². The Morgan fingerprint density at radius 3 is 2.75 bits per heavy atom. The van der Waals surface area contributed by atoms with Crippen LogP contribution in [-0.4, -0.2) is 0 Å². The molecule has 0 saturated heterocycles. The molecule has 0 unspecified atom stereocenters. The lowest BCUT2D eigenvalue weighted by atomic mass is 10.2. The topological polar surface area (TPSA) is 61.8 Å². The fourth-order valence-electron chi connectivity index (χ4n) is 0.747. The summed E-state index contributed by atoms with van der Waals surface area (Å²) in [7, 11) is 0. The second-order valence-corrected chi connectivity index (χ2v) is 2.84. The zero-order valence-corrected chi connectivity index (χ0v) is 7.52. The first-order chi connectivity index (χ1) is 5.70. The molecule has 0 radical (unpaired) electrons. The number of hydrogen-bond acceptors (Lipinski definition) is 3. The van der Waals surface area contributed by atoms with Gasteiger partial charge in [-0.1, -0.05) is 0 Å². The van der Waals surface area contributed by atoms with Crippen molar-refractivity contribution in [3.05, 3.63) is 28.0 Å². The lowest BCUT2D eigenvalue weighted by molar-refractivity contribution is 0.623. The number of hydrazine groups is 1. The van der Waals surface area contributed by atoms with E-state index in [0.29, 0.717) is 0 Å². The number of anilines is 1. The van der Waals surface area contributed by atoms with Crippen LogP contribution < -0.4 is 11.3 Å². The van der Waals surface area contributed by atoms with Gasteiger partial charge in [-0.25, -0.2) is 4.39 Å². The van der Waals surface area contributed by atoms with Crippen molar-refractivity contribution >= 4 is 21.6 Å². The number of nitrogen functional groups attached to an aromatic ring is 1. The molecular formula is C7H5BrFN3. The quantitative estimate of drug-likeness (QED) is 0.570. The van der Waals surface area contributed by atoms with E-state index in [-0.39, 0.29) is 15.7 Å². The third kappa shape index (κ3) is 1.40. The number of hydrogen-bond donors (Lipinski definition) is 2. The van der Waals surface area contributed by atoms with Crippen LogP contribution in [0.2, 0.25) is 0 Å². The largest absolute Gasteiger partial charge is 0.321 e. The molecule has 0 aliphatic heterocycles. The lowest BCUT2D eigenvalue weighted by Gasteiger charge is -2.03. The van der Waals surface area contributed by atoms with Crippen molar-refractivity contribution in [3.8, 4) is 6.07 Å². The average Bonchev–Trinajstić information content (AvgIpc) is 2.10. The molecule has 0 aromatic heterocycles. The molecule has 1 aromatic rings. The normalized spacial score (nSPS) is 9.17. The number of nitrogens with one attached hydrogen (secondary N) is 1. The van der Waals surface area contributed by atoms with E-state index >= 15 is 0 Å². The second kappa shape index (κ2) is 3.52. The van der Waals surface area contributed by atoms with Crippen molar-refractivity contribution in [2.24, 2.45) is 5.84 Å². The Hall–Kier alpha value is -1.12. The molecule has 0 aliphatic carbocycles. The molecule has 62 valence electrons. The third-order valence-electron chi connectivity index (χ3n) is 1.36. The van der Waals surface area contributed by atoms with Gasteiger partial charge in [0.2, 0.25) is 0 Å². The van der Waals surface area contributed by atoms with Crippen LogP contribution >= 0.6 is 15.9 Å². The van der Waals surface area contributed by atoms with Crippen LogP contribution in [-0.2, 0) is 0 Å². The molecule has 0 fully saturated rings. The standard InChI is InChI=1S/C7H5BrFN3/c8-6-4(3-10)1-2-5(12-11)7(6)9/h1-2,12H,11H2. The Kier molecular flexibility index (Phi) is 2.63. The smallest absolute Gasteiger partial charge is 0.163 e. The zero-order valence-electron chi connectivity index (χ0n) is 5.94. The summed E-state index contributed by atoms with van der Waals surface area (Å²) in [6.45, 7) is 0. The van der Waals surface area contributed by atoms with E-state index in [0.717, 1.165) is 0 Å². The van der Waals surface area contributed by atoms with Gasteiger partial charge in [-0.3, -0.25) is 5.84 Å². The highest BCUT2D eigenvalue weighted by atomic mass is 79.9. The molecule has 1 aromatic carbocycles. The van der Waals surface area contributed by atoms with Crippen molar-refractivity contribution in [2.75, 3.05) is 5.43 Å².